The molecule has 0 unspecified atom stereocenters. The van der Waals surface area contributed by atoms with E-state index in [9.17, 15) is 9.59 Å². The van der Waals surface area contributed by atoms with Crippen LogP contribution < -0.4 is 10.9 Å². The van der Waals surface area contributed by atoms with E-state index in [4.69, 9.17) is 23.2 Å². The molecule has 4 rings (SSSR count). The summed E-state index contributed by atoms with van der Waals surface area (Å²) in [5.41, 5.74) is 2.02. The monoisotopic (exact) mass is 435 g/mol. The number of benzene rings is 3. The molecule has 3 aromatic carbocycles. The number of halogens is 2. The van der Waals surface area contributed by atoms with Crippen molar-refractivity contribution >= 4 is 34.8 Å². The van der Waals surface area contributed by atoms with E-state index >= 15 is 0 Å². The summed E-state index contributed by atoms with van der Waals surface area (Å²) in [6, 6.07) is 23.2. The maximum Gasteiger partial charge on any atom is 0.277 e. The van der Waals surface area contributed by atoms with Crippen molar-refractivity contribution in [3.05, 3.63) is 105 Å². The minimum Gasteiger partial charge on any atom is -0.320 e. The zero-order valence-corrected chi connectivity index (χ0v) is 17.0. The van der Waals surface area contributed by atoms with Crippen LogP contribution in [0.15, 0.2) is 83.7 Å². The molecular weight excluding hydrogens is 421 g/mol. The third-order valence-corrected chi connectivity index (χ3v) is 5.06. The highest BCUT2D eigenvalue weighted by molar-refractivity contribution is 6.36. The van der Waals surface area contributed by atoms with Crippen LogP contribution in [0.25, 0.3) is 22.4 Å². The molecule has 0 aliphatic carbocycles. The fraction of sp³-hybridized carbons (Fsp3) is 0. The van der Waals surface area contributed by atoms with Gasteiger partial charge < -0.3 is 5.32 Å². The van der Waals surface area contributed by atoms with E-state index in [1.54, 1.807) is 12.1 Å². The van der Waals surface area contributed by atoms with Gasteiger partial charge in [0.05, 0.1) is 16.4 Å². The maximum atomic E-state index is 13.2. The lowest BCUT2D eigenvalue weighted by Crippen LogP contribution is -2.26. The van der Waals surface area contributed by atoms with Crippen molar-refractivity contribution in [2.75, 3.05) is 5.32 Å². The van der Waals surface area contributed by atoms with Crippen molar-refractivity contribution in [1.82, 2.24) is 10.2 Å². The van der Waals surface area contributed by atoms with Gasteiger partial charge in [-0.05, 0) is 23.8 Å². The third kappa shape index (κ3) is 3.99. The molecule has 0 fully saturated rings. The lowest BCUT2D eigenvalue weighted by atomic mass is 9.95. The second-order valence-electron chi connectivity index (χ2n) is 6.46. The Labute approximate surface area is 182 Å². The number of H-pyrrole nitrogens is 1. The van der Waals surface area contributed by atoms with Gasteiger partial charge >= 0.3 is 0 Å². The second kappa shape index (κ2) is 8.53. The minimum atomic E-state index is -0.612. The smallest absolute Gasteiger partial charge is 0.277 e. The largest absolute Gasteiger partial charge is 0.320 e. The first-order valence-corrected chi connectivity index (χ1v) is 9.80. The Kier molecular flexibility index (Phi) is 5.65. The van der Waals surface area contributed by atoms with E-state index in [0.717, 1.165) is 5.56 Å². The van der Waals surface area contributed by atoms with Crippen LogP contribution in [0.1, 0.15) is 10.4 Å². The molecule has 0 spiro atoms. The quantitative estimate of drug-likeness (QED) is 0.433. The first kappa shape index (κ1) is 19.9. The average Bonchev–Trinajstić information content (AvgIpc) is 2.77. The molecule has 1 heterocycles. The third-order valence-electron chi connectivity index (χ3n) is 4.50. The van der Waals surface area contributed by atoms with Gasteiger partial charge in [-0.15, -0.1) is 0 Å². The number of aromatic nitrogens is 2. The predicted molar refractivity (Wildman–Crippen MR) is 120 cm³/mol. The fourth-order valence-electron chi connectivity index (χ4n) is 3.14. The summed E-state index contributed by atoms with van der Waals surface area (Å²) < 4.78 is 0. The van der Waals surface area contributed by atoms with Crippen LogP contribution in [0.2, 0.25) is 10.0 Å². The highest BCUT2D eigenvalue weighted by Crippen LogP contribution is 2.32. The lowest BCUT2D eigenvalue weighted by molar-refractivity contribution is 0.102. The molecule has 0 bridgehead atoms. The van der Waals surface area contributed by atoms with Crippen molar-refractivity contribution in [3.8, 4) is 22.4 Å². The van der Waals surface area contributed by atoms with Crippen LogP contribution in [0.4, 0.5) is 5.69 Å². The Morgan fingerprint density at radius 1 is 0.867 bits per heavy atom. The van der Waals surface area contributed by atoms with Crippen LogP contribution in [0.5, 0.6) is 0 Å². The van der Waals surface area contributed by atoms with Crippen LogP contribution in [0, 0.1) is 0 Å². The van der Waals surface area contributed by atoms with Gasteiger partial charge in [-0.2, -0.15) is 5.10 Å². The number of hydrogen-bond donors (Lipinski definition) is 2. The van der Waals surface area contributed by atoms with E-state index in [2.05, 4.69) is 15.5 Å². The molecule has 0 radical (unpaired) electrons. The molecule has 148 valence electrons. The average molecular weight is 436 g/mol. The van der Waals surface area contributed by atoms with E-state index in [1.165, 1.54) is 6.07 Å². The molecule has 5 nitrogen and oxygen atoms in total. The van der Waals surface area contributed by atoms with Crippen molar-refractivity contribution in [3.63, 3.8) is 0 Å². The Bertz CT molecular complexity index is 1270. The molecule has 1 amide bonds. The Balaban J connectivity index is 1.92. The van der Waals surface area contributed by atoms with Gasteiger partial charge in [0.1, 0.15) is 5.56 Å². The summed E-state index contributed by atoms with van der Waals surface area (Å²) in [4.78, 5) is 26.0. The highest BCUT2D eigenvalue weighted by Gasteiger charge is 2.23. The zero-order chi connectivity index (χ0) is 21.1. The molecule has 1 aromatic heterocycles. The molecule has 7 heteroatoms. The van der Waals surface area contributed by atoms with Crippen molar-refractivity contribution in [1.29, 1.82) is 0 Å². The van der Waals surface area contributed by atoms with Gasteiger partial charge in [0.15, 0.2) is 0 Å². The summed E-state index contributed by atoms with van der Waals surface area (Å²) in [6.45, 7) is 0. The number of aromatic amines is 1. The number of amides is 1. The topological polar surface area (TPSA) is 74.8 Å². The zero-order valence-electron chi connectivity index (χ0n) is 15.5. The Morgan fingerprint density at radius 3 is 2.17 bits per heavy atom. The number of nitrogens with one attached hydrogen (secondary N) is 2. The number of nitrogens with zero attached hydrogens (tertiary/aromatic N) is 1. The Morgan fingerprint density at radius 2 is 1.50 bits per heavy atom. The standard InChI is InChI=1S/C23H15Cl2N3O2/c24-16-11-12-17(25)18(13-16)26-22(29)20-19(14-7-3-1-4-8-14)21(27-28-23(20)30)15-9-5-2-6-10-15/h1-13H,(H,26,29)(H,28,30). The SMILES string of the molecule is O=C(Nc1cc(Cl)ccc1Cl)c1c(-c2ccccc2)c(-c2ccccc2)n[nH]c1=O. The van der Waals surface area contributed by atoms with Crippen molar-refractivity contribution in [2.45, 2.75) is 0 Å². The number of hydrogen-bond acceptors (Lipinski definition) is 3. The second-order valence-corrected chi connectivity index (χ2v) is 7.31. The number of rotatable bonds is 4. The van der Waals surface area contributed by atoms with Gasteiger partial charge in [-0.1, -0.05) is 83.9 Å². The predicted octanol–water partition coefficient (Wildman–Crippen LogP) is 5.66. The maximum absolute atomic E-state index is 13.2. The number of carbonyl (C=O) groups excluding carboxylic acids is 1. The minimum absolute atomic E-state index is 0.0638. The van der Waals surface area contributed by atoms with Crippen LogP contribution >= 0.6 is 23.2 Å². The fourth-order valence-corrected chi connectivity index (χ4v) is 3.47. The molecule has 30 heavy (non-hydrogen) atoms. The Hall–Kier alpha value is -3.41. The number of anilines is 1. The van der Waals surface area contributed by atoms with Crippen molar-refractivity contribution in [2.24, 2.45) is 0 Å². The highest BCUT2D eigenvalue weighted by atomic mass is 35.5. The summed E-state index contributed by atoms with van der Waals surface area (Å²) >= 11 is 12.2. The van der Waals surface area contributed by atoms with Gasteiger partial charge in [-0.25, -0.2) is 5.10 Å². The molecule has 0 saturated carbocycles. The molecular formula is C23H15Cl2N3O2. The van der Waals surface area contributed by atoms with Gasteiger partial charge in [0.2, 0.25) is 0 Å². The normalized spacial score (nSPS) is 10.6. The van der Waals surface area contributed by atoms with E-state index in [0.29, 0.717) is 32.6 Å². The molecule has 0 saturated heterocycles. The van der Waals surface area contributed by atoms with Crippen LogP contribution in [0.3, 0.4) is 0 Å². The summed E-state index contributed by atoms with van der Waals surface area (Å²) in [7, 11) is 0. The van der Waals surface area contributed by atoms with Gasteiger partial charge in [-0.3, -0.25) is 9.59 Å². The van der Waals surface area contributed by atoms with E-state index in [1.807, 2.05) is 60.7 Å². The van der Waals surface area contributed by atoms with E-state index in [-0.39, 0.29) is 5.56 Å². The molecule has 0 aliphatic rings. The van der Waals surface area contributed by atoms with Crippen molar-refractivity contribution < 1.29 is 4.79 Å². The summed E-state index contributed by atoms with van der Waals surface area (Å²) in [5.74, 6) is -0.612. The molecule has 4 aromatic rings. The van der Waals surface area contributed by atoms with E-state index < -0.39 is 11.5 Å². The molecule has 2 N–H and O–H groups in total. The molecule has 0 aliphatic heterocycles. The van der Waals surface area contributed by atoms with Gasteiger partial charge in [0, 0.05) is 16.1 Å². The summed E-state index contributed by atoms with van der Waals surface area (Å²) in [5, 5.41) is 10.1. The molecule has 0 atom stereocenters. The number of carbonyl (C=O) groups is 1. The summed E-state index contributed by atoms with van der Waals surface area (Å²) in [6.07, 6.45) is 0. The first-order chi connectivity index (χ1) is 14.5. The van der Waals surface area contributed by atoms with Gasteiger partial charge in [0.25, 0.3) is 11.5 Å². The van der Waals surface area contributed by atoms with Crippen LogP contribution in [-0.2, 0) is 0 Å². The first-order valence-electron chi connectivity index (χ1n) is 9.04. The lowest BCUT2D eigenvalue weighted by Gasteiger charge is -2.14. The van der Waals surface area contributed by atoms with Crippen LogP contribution in [-0.4, -0.2) is 16.1 Å².